The summed E-state index contributed by atoms with van der Waals surface area (Å²) in [5.74, 6) is 0.496. The molecule has 0 spiro atoms. The van der Waals surface area contributed by atoms with E-state index in [0.717, 1.165) is 21.7 Å². The Morgan fingerprint density at radius 3 is 2.95 bits per heavy atom. The number of H-pyrrole nitrogens is 1. The summed E-state index contributed by atoms with van der Waals surface area (Å²) in [6.07, 6.45) is 1.47. The number of nitrogens with one attached hydrogen (secondary N) is 1. The van der Waals surface area contributed by atoms with E-state index in [2.05, 4.69) is 19.9 Å². The monoisotopic (exact) mass is 293 g/mol. The van der Waals surface area contributed by atoms with Gasteiger partial charge in [-0.25, -0.2) is 9.97 Å². The molecule has 3 rings (SSSR count). The van der Waals surface area contributed by atoms with E-state index in [9.17, 15) is 0 Å². The van der Waals surface area contributed by atoms with Gasteiger partial charge in [0.15, 0.2) is 10.4 Å². The van der Waals surface area contributed by atoms with Gasteiger partial charge in [0.05, 0.1) is 24.9 Å². The number of aryl methyl sites for hydroxylation is 1. The van der Waals surface area contributed by atoms with Crippen molar-refractivity contribution in [3.05, 3.63) is 27.2 Å². The molecule has 0 aromatic carbocycles. The Morgan fingerprint density at radius 1 is 1.42 bits per heavy atom. The third-order valence-corrected chi connectivity index (χ3v) is 4.11. The molecule has 0 unspecified atom stereocenters. The van der Waals surface area contributed by atoms with Crippen molar-refractivity contribution in [1.82, 2.24) is 24.5 Å². The van der Waals surface area contributed by atoms with E-state index in [-0.39, 0.29) is 0 Å². The average molecular weight is 293 g/mol. The van der Waals surface area contributed by atoms with Crippen molar-refractivity contribution in [3.63, 3.8) is 0 Å². The smallest absolute Gasteiger partial charge is 0.242 e. The fourth-order valence-corrected chi connectivity index (χ4v) is 2.89. The summed E-state index contributed by atoms with van der Waals surface area (Å²) < 4.78 is 7.73. The van der Waals surface area contributed by atoms with Crippen LogP contribution in [0, 0.1) is 11.7 Å². The van der Waals surface area contributed by atoms with Gasteiger partial charge in [0.1, 0.15) is 11.8 Å². The maximum absolute atomic E-state index is 5.35. The maximum atomic E-state index is 5.35. The van der Waals surface area contributed by atoms with Crippen LogP contribution in [0.4, 0.5) is 0 Å². The molecule has 0 amide bonds. The van der Waals surface area contributed by atoms with Crippen LogP contribution in [0.1, 0.15) is 10.6 Å². The van der Waals surface area contributed by atoms with Crippen LogP contribution >= 0.6 is 23.6 Å². The van der Waals surface area contributed by atoms with E-state index in [1.165, 1.54) is 6.33 Å². The number of methoxy groups -OCH3 is 1. The van der Waals surface area contributed by atoms with Crippen LogP contribution in [0.5, 0.6) is 5.88 Å². The third kappa shape index (κ3) is 2.02. The molecule has 3 aromatic heterocycles. The summed E-state index contributed by atoms with van der Waals surface area (Å²) in [6.45, 7) is 2.63. The van der Waals surface area contributed by atoms with Gasteiger partial charge in [0.2, 0.25) is 5.88 Å². The maximum Gasteiger partial charge on any atom is 0.242 e. The Balaban J connectivity index is 2.16. The van der Waals surface area contributed by atoms with Gasteiger partial charge in [-0.05, 0) is 19.1 Å². The molecule has 0 bridgehead atoms. The molecule has 0 radical (unpaired) electrons. The van der Waals surface area contributed by atoms with Crippen molar-refractivity contribution >= 4 is 34.7 Å². The van der Waals surface area contributed by atoms with E-state index in [4.69, 9.17) is 17.0 Å². The molecule has 3 aromatic rings. The van der Waals surface area contributed by atoms with Crippen molar-refractivity contribution in [2.24, 2.45) is 0 Å². The minimum Gasteiger partial charge on any atom is -0.479 e. The summed E-state index contributed by atoms with van der Waals surface area (Å²) in [5.41, 5.74) is 4.31. The number of rotatable bonds is 3. The molecule has 0 aliphatic heterocycles. The topological polar surface area (TPSA) is 68.6 Å². The standard InChI is InChI=1S/C11H11N5OS2/c1-6-7(19-5-14-6)3-16-9-8(15-11(16)18)10(17-2)13-4-12-9/h4-5H,3H2,1-2H3,(H,15,18). The highest BCUT2D eigenvalue weighted by Gasteiger charge is 2.13. The van der Waals surface area contributed by atoms with Crippen molar-refractivity contribution in [2.45, 2.75) is 13.5 Å². The molecular weight excluding hydrogens is 282 g/mol. The predicted octanol–water partition coefficient (Wildman–Crippen LogP) is 2.31. The van der Waals surface area contributed by atoms with Gasteiger partial charge in [-0.15, -0.1) is 11.3 Å². The van der Waals surface area contributed by atoms with E-state index >= 15 is 0 Å². The van der Waals surface area contributed by atoms with E-state index in [1.807, 2.05) is 17.0 Å². The lowest BCUT2D eigenvalue weighted by molar-refractivity contribution is 0.401. The van der Waals surface area contributed by atoms with Gasteiger partial charge >= 0.3 is 0 Å². The predicted molar refractivity (Wildman–Crippen MR) is 75.2 cm³/mol. The fourth-order valence-electron chi connectivity index (χ4n) is 1.87. The number of aromatic amines is 1. The number of hydrogen-bond acceptors (Lipinski definition) is 6. The molecule has 0 saturated carbocycles. The van der Waals surface area contributed by atoms with Gasteiger partial charge < -0.3 is 9.72 Å². The van der Waals surface area contributed by atoms with Crippen molar-refractivity contribution in [2.75, 3.05) is 7.11 Å². The van der Waals surface area contributed by atoms with Gasteiger partial charge in [0, 0.05) is 4.88 Å². The molecule has 0 aliphatic carbocycles. The number of fused-ring (bicyclic) bond motifs is 1. The molecule has 0 saturated heterocycles. The van der Waals surface area contributed by atoms with Crippen LogP contribution in [-0.2, 0) is 6.54 Å². The highest BCUT2D eigenvalue weighted by Crippen LogP contribution is 2.22. The first-order valence-electron chi connectivity index (χ1n) is 5.57. The van der Waals surface area contributed by atoms with Crippen LogP contribution in [-0.4, -0.2) is 31.6 Å². The zero-order valence-electron chi connectivity index (χ0n) is 10.4. The fraction of sp³-hybridized carbons (Fsp3) is 0.273. The molecule has 0 aliphatic rings. The van der Waals surface area contributed by atoms with Crippen LogP contribution < -0.4 is 4.74 Å². The van der Waals surface area contributed by atoms with Crippen molar-refractivity contribution < 1.29 is 4.74 Å². The van der Waals surface area contributed by atoms with Crippen molar-refractivity contribution in [3.8, 4) is 5.88 Å². The SMILES string of the molecule is COc1ncnc2c1[nH]c(=S)n2Cc1scnc1C. The molecular formula is C11H11N5OS2. The van der Waals surface area contributed by atoms with Crippen LogP contribution in [0.25, 0.3) is 11.2 Å². The lowest BCUT2D eigenvalue weighted by Gasteiger charge is -2.03. The Kier molecular flexibility index (Phi) is 3.03. The minimum atomic E-state index is 0.496. The molecule has 0 fully saturated rings. The second kappa shape index (κ2) is 4.71. The number of imidazole rings is 1. The van der Waals surface area contributed by atoms with Gasteiger partial charge in [-0.2, -0.15) is 4.98 Å². The van der Waals surface area contributed by atoms with E-state index in [1.54, 1.807) is 18.4 Å². The molecule has 6 nitrogen and oxygen atoms in total. The Bertz CT molecular complexity index is 788. The Morgan fingerprint density at radius 2 is 2.26 bits per heavy atom. The first-order valence-corrected chi connectivity index (χ1v) is 6.86. The molecule has 98 valence electrons. The summed E-state index contributed by atoms with van der Waals surface area (Å²) in [6, 6.07) is 0. The highest BCUT2D eigenvalue weighted by atomic mass is 32.1. The second-order valence-electron chi connectivity index (χ2n) is 3.96. The zero-order chi connectivity index (χ0) is 13.4. The second-order valence-corrected chi connectivity index (χ2v) is 5.28. The Labute approximate surface area is 118 Å². The number of hydrogen-bond donors (Lipinski definition) is 1. The molecule has 0 atom stereocenters. The minimum absolute atomic E-state index is 0.496. The number of ether oxygens (including phenoxy) is 1. The van der Waals surface area contributed by atoms with Crippen molar-refractivity contribution in [1.29, 1.82) is 0 Å². The van der Waals surface area contributed by atoms with Crippen LogP contribution in [0.2, 0.25) is 0 Å². The summed E-state index contributed by atoms with van der Waals surface area (Å²) in [4.78, 5) is 16.8. The first-order chi connectivity index (χ1) is 9.20. The normalized spacial score (nSPS) is 11.1. The number of nitrogens with zero attached hydrogens (tertiary/aromatic N) is 4. The summed E-state index contributed by atoms with van der Waals surface area (Å²) in [5, 5.41) is 0. The number of thiazole rings is 1. The van der Waals surface area contributed by atoms with Crippen LogP contribution in [0.3, 0.4) is 0 Å². The largest absolute Gasteiger partial charge is 0.479 e. The molecule has 3 heterocycles. The average Bonchev–Trinajstić information content (AvgIpc) is 2.95. The highest BCUT2D eigenvalue weighted by molar-refractivity contribution is 7.71. The third-order valence-electron chi connectivity index (χ3n) is 2.87. The molecule has 19 heavy (non-hydrogen) atoms. The van der Waals surface area contributed by atoms with Crippen LogP contribution in [0.15, 0.2) is 11.8 Å². The van der Waals surface area contributed by atoms with Gasteiger partial charge in [0.25, 0.3) is 0 Å². The number of aromatic nitrogens is 5. The Hall–Kier alpha value is -1.80. The van der Waals surface area contributed by atoms with E-state index < -0.39 is 0 Å². The van der Waals surface area contributed by atoms with E-state index in [0.29, 0.717) is 17.2 Å². The molecule has 8 heteroatoms. The summed E-state index contributed by atoms with van der Waals surface area (Å²) >= 11 is 6.95. The molecule has 1 N–H and O–H groups in total. The lowest BCUT2D eigenvalue weighted by atomic mass is 10.4. The zero-order valence-corrected chi connectivity index (χ0v) is 12.0. The quantitative estimate of drug-likeness (QED) is 0.750. The first kappa shape index (κ1) is 12.2. The lowest BCUT2D eigenvalue weighted by Crippen LogP contribution is -2.01. The van der Waals surface area contributed by atoms with Gasteiger partial charge in [-0.3, -0.25) is 4.57 Å². The van der Waals surface area contributed by atoms with Gasteiger partial charge in [-0.1, -0.05) is 0 Å². The summed E-state index contributed by atoms with van der Waals surface area (Å²) in [7, 11) is 1.57.